The number of halogens is 1. The zero-order valence-corrected chi connectivity index (χ0v) is 14.1. The Kier molecular flexibility index (Phi) is 7.25. The van der Waals surface area contributed by atoms with Crippen LogP contribution in [0.15, 0.2) is 12.1 Å². The molecule has 1 saturated heterocycles. The lowest BCUT2D eigenvalue weighted by atomic mass is 10.2. The summed E-state index contributed by atoms with van der Waals surface area (Å²) in [5.74, 6) is 1.31. The Morgan fingerprint density at radius 2 is 2.09 bits per heavy atom. The van der Waals surface area contributed by atoms with Gasteiger partial charge in [-0.25, -0.2) is 0 Å². The maximum atomic E-state index is 6.35. The Morgan fingerprint density at radius 1 is 1.32 bits per heavy atom. The normalized spacial score (nSPS) is 15.8. The van der Waals surface area contributed by atoms with Crippen molar-refractivity contribution in [2.24, 2.45) is 0 Å². The van der Waals surface area contributed by atoms with Gasteiger partial charge in [-0.15, -0.1) is 0 Å². The van der Waals surface area contributed by atoms with E-state index in [4.69, 9.17) is 25.8 Å². The van der Waals surface area contributed by atoms with Gasteiger partial charge in [0.05, 0.1) is 25.3 Å². The van der Waals surface area contributed by atoms with E-state index in [1.165, 1.54) is 0 Å². The molecule has 1 N–H and O–H groups in total. The number of rotatable bonds is 8. The van der Waals surface area contributed by atoms with Gasteiger partial charge < -0.3 is 19.5 Å². The van der Waals surface area contributed by atoms with E-state index < -0.39 is 0 Å². The first-order valence-electron chi connectivity index (χ1n) is 7.74. The van der Waals surface area contributed by atoms with Crippen LogP contribution in [0.3, 0.4) is 0 Å². The molecule has 0 spiro atoms. The quantitative estimate of drug-likeness (QED) is 0.792. The molecule has 1 heterocycles. The van der Waals surface area contributed by atoms with Crippen molar-refractivity contribution in [2.45, 2.75) is 13.5 Å². The van der Waals surface area contributed by atoms with E-state index >= 15 is 0 Å². The van der Waals surface area contributed by atoms with Crippen molar-refractivity contribution in [1.29, 1.82) is 0 Å². The molecule has 0 atom stereocenters. The van der Waals surface area contributed by atoms with Crippen LogP contribution < -0.4 is 14.8 Å². The van der Waals surface area contributed by atoms with Gasteiger partial charge in [-0.1, -0.05) is 18.5 Å². The third-order valence-electron chi connectivity index (χ3n) is 3.63. The van der Waals surface area contributed by atoms with Crippen LogP contribution in [0.5, 0.6) is 11.5 Å². The highest BCUT2D eigenvalue weighted by atomic mass is 35.5. The Hall–Kier alpha value is -1.01. The third kappa shape index (κ3) is 5.02. The predicted molar refractivity (Wildman–Crippen MR) is 88.1 cm³/mol. The van der Waals surface area contributed by atoms with Crippen LogP contribution in [0.4, 0.5) is 0 Å². The number of hydrogen-bond donors (Lipinski definition) is 1. The number of hydrogen-bond acceptors (Lipinski definition) is 5. The number of morpholine rings is 1. The zero-order valence-electron chi connectivity index (χ0n) is 13.4. The molecule has 0 unspecified atom stereocenters. The van der Waals surface area contributed by atoms with Gasteiger partial charge in [-0.3, -0.25) is 4.90 Å². The average molecular weight is 329 g/mol. The van der Waals surface area contributed by atoms with Gasteiger partial charge in [0.25, 0.3) is 0 Å². The van der Waals surface area contributed by atoms with Gasteiger partial charge in [-0.05, 0) is 24.2 Å². The van der Waals surface area contributed by atoms with Crippen LogP contribution in [0.25, 0.3) is 0 Å². The van der Waals surface area contributed by atoms with Crippen molar-refractivity contribution in [3.05, 3.63) is 22.7 Å². The van der Waals surface area contributed by atoms with Crippen molar-refractivity contribution in [3.8, 4) is 11.5 Å². The van der Waals surface area contributed by atoms with Crippen molar-refractivity contribution in [2.75, 3.05) is 53.1 Å². The maximum Gasteiger partial charge on any atom is 0.179 e. The van der Waals surface area contributed by atoms with Crippen molar-refractivity contribution in [1.82, 2.24) is 10.2 Å². The summed E-state index contributed by atoms with van der Waals surface area (Å²) >= 11 is 6.35. The van der Waals surface area contributed by atoms with Crippen LogP contribution >= 0.6 is 11.6 Å². The summed E-state index contributed by atoms with van der Waals surface area (Å²) in [6, 6.07) is 3.90. The minimum atomic E-state index is 0.586. The van der Waals surface area contributed by atoms with Crippen molar-refractivity contribution in [3.63, 3.8) is 0 Å². The summed E-state index contributed by atoms with van der Waals surface area (Å²) in [6.07, 6.45) is 0. The molecule has 1 aromatic rings. The van der Waals surface area contributed by atoms with Gasteiger partial charge in [0, 0.05) is 26.2 Å². The minimum Gasteiger partial charge on any atom is -0.493 e. The molecule has 0 radical (unpaired) electrons. The van der Waals surface area contributed by atoms with E-state index in [2.05, 4.69) is 17.1 Å². The SMILES string of the molecule is CCNCc1cc(Cl)c(OCCN2CCOCC2)c(OC)c1. The molecule has 1 fully saturated rings. The fourth-order valence-electron chi connectivity index (χ4n) is 2.39. The Morgan fingerprint density at radius 3 is 2.77 bits per heavy atom. The average Bonchev–Trinajstić information content (AvgIpc) is 2.55. The molecule has 1 aromatic carbocycles. The Balaban J connectivity index is 1.93. The summed E-state index contributed by atoms with van der Waals surface area (Å²) in [5.41, 5.74) is 1.09. The van der Waals surface area contributed by atoms with Crippen LogP contribution in [0.1, 0.15) is 12.5 Å². The first kappa shape index (κ1) is 17.3. The topological polar surface area (TPSA) is 43.0 Å². The maximum absolute atomic E-state index is 6.35. The highest BCUT2D eigenvalue weighted by Crippen LogP contribution is 2.36. The van der Waals surface area contributed by atoms with Crippen LogP contribution in [-0.2, 0) is 11.3 Å². The van der Waals surface area contributed by atoms with E-state index in [-0.39, 0.29) is 0 Å². The summed E-state index contributed by atoms with van der Waals surface area (Å²) in [5, 5.41) is 3.87. The van der Waals surface area contributed by atoms with Gasteiger partial charge >= 0.3 is 0 Å². The molecule has 0 aliphatic carbocycles. The van der Waals surface area contributed by atoms with E-state index in [0.29, 0.717) is 23.1 Å². The lowest BCUT2D eigenvalue weighted by Crippen LogP contribution is -2.38. The van der Waals surface area contributed by atoms with Gasteiger partial charge in [0.2, 0.25) is 0 Å². The number of methoxy groups -OCH3 is 1. The lowest BCUT2D eigenvalue weighted by Gasteiger charge is -2.26. The van der Waals surface area contributed by atoms with Crippen molar-refractivity contribution < 1.29 is 14.2 Å². The highest BCUT2D eigenvalue weighted by Gasteiger charge is 2.14. The molecule has 1 aliphatic heterocycles. The summed E-state index contributed by atoms with van der Waals surface area (Å²) in [6.45, 7) is 8.70. The smallest absolute Gasteiger partial charge is 0.179 e. The van der Waals surface area contributed by atoms with E-state index in [1.807, 2.05) is 12.1 Å². The lowest BCUT2D eigenvalue weighted by molar-refractivity contribution is 0.0321. The van der Waals surface area contributed by atoms with Crippen molar-refractivity contribution >= 4 is 11.6 Å². The molecule has 2 rings (SSSR count). The number of benzene rings is 1. The van der Waals surface area contributed by atoms with Gasteiger partial charge in [-0.2, -0.15) is 0 Å². The Bertz CT molecular complexity index is 465. The zero-order chi connectivity index (χ0) is 15.8. The minimum absolute atomic E-state index is 0.586. The molecule has 5 nitrogen and oxygen atoms in total. The second kappa shape index (κ2) is 9.20. The third-order valence-corrected chi connectivity index (χ3v) is 3.91. The fraction of sp³-hybridized carbons (Fsp3) is 0.625. The second-order valence-corrected chi connectivity index (χ2v) is 5.60. The molecule has 0 saturated carbocycles. The highest BCUT2D eigenvalue weighted by molar-refractivity contribution is 6.32. The van der Waals surface area contributed by atoms with E-state index in [9.17, 15) is 0 Å². The summed E-state index contributed by atoms with van der Waals surface area (Å²) < 4.78 is 16.6. The molecule has 1 aliphatic rings. The van der Waals surface area contributed by atoms with Gasteiger partial charge in [0.1, 0.15) is 6.61 Å². The molecule has 0 bridgehead atoms. The molecule has 0 aromatic heterocycles. The molecule has 6 heteroatoms. The first-order chi connectivity index (χ1) is 10.7. The summed E-state index contributed by atoms with van der Waals surface area (Å²) in [7, 11) is 1.64. The van der Waals surface area contributed by atoms with Crippen LogP contribution in [0.2, 0.25) is 5.02 Å². The standard InChI is InChI=1S/C16H25ClN2O3/c1-3-18-12-13-10-14(17)16(15(11-13)20-2)22-9-6-19-4-7-21-8-5-19/h10-11,18H,3-9,12H2,1-2H3. The number of nitrogens with zero attached hydrogens (tertiary/aromatic N) is 1. The van der Waals surface area contributed by atoms with E-state index in [1.54, 1.807) is 7.11 Å². The van der Waals surface area contributed by atoms with Crippen LogP contribution in [0, 0.1) is 0 Å². The van der Waals surface area contributed by atoms with Crippen LogP contribution in [-0.4, -0.2) is 58.0 Å². The largest absolute Gasteiger partial charge is 0.493 e. The Labute approximate surface area is 137 Å². The number of nitrogens with one attached hydrogen (secondary N) is 1. The monoisotopic (exact) mass is 328 g/mol. The first-order valence-corrected chi connectivity index (χ1v) is 8.12. The predicted octanol–water partition coefficient (Wildman–Crippen LogP) is 2.17. The van der Waals surface area contributed by atoms with E-state index in [0.717, 1.165) is 51.5 Å². The number of ether oxygens (including phenoxy) is 3. The fourth-order valence-corrected chi connectivity index (χ4v) is 2.67. The second-order valence-electron chi connectivity index (χ2n) is 5.19. The molecular weight excluding hydrogens is 304 g/mol. The molecular formula is C16H25ClN2O3. The molecule has 0 amide bonds. The van der Waals surface area contributed by atoms with Gasteiger partial charge in [0.15, 0.2) is 11.5 Å². The molecule has 124 valence electrons. The molecule has 22 heavy (non-hydrogen) atoms. The summed E-state index contributed by atoms with van der Waals surface area (Å²) in [4.78, 5) is 2.32.